The number of carbonyl (C=O) groups is 3. The van der Waals surface area contributed by atoms with Gasteiger partial charge in [-0.2, -0.15) is 0 Å². The lowest BCUT2D eigenvalue weighted by molar-refractivity contribution is -0.119. The fourth-order valence-electron chi connectivity index (χ4n) is 2.66. The van der Waals surface area contributed by atoms with Crippen molar-refractivity contribution in [2.24, 2.45) is 0 Å². The number of hydrogen-bond acceptors (Lipinski definition) is 6. The third-order valence-electron chi connectivity index (χ3n) is 4.16. The van der Waals surface area contributed by atoms with Gasteiger partial charge in [0.2, 0.25) is 0 Å². The third kappa shape index (κ3) is 5.33. The highest BCUT2D eigenvalue weighted by Gasteiger charge is 2.20. The van der Waals surface area contributed by atoms with Gasteiger partial charge in [-0.15, -0.1) is 11.3 Å². The van der Waals surface area contributed by atoms with E-state index in [0.717, 1.165) is 16.0 Å². The third-order valence-corrected chi connectivity index (χ3v) is 5.26. The predicted molar refractivity (Wildman–Crippen MR) is 116 cm³/mol. The first-order valence-electron chi connectivity index (χ1n) is 9.38. The lowest BCUT2D eigenvalue weighted by Crippen LogP contribution is -2.21. The molecule has 0 aliphatic rings. The monoisotopic (exact) mass is 423 g/mol. The first-order chi connectivity index (χ1) is 14.5. The van der Waals surface area contributed by atoms with Gasteiger partial charge >= 0.3 is 11.9 Å². The molecule has 1 aromatic heterocycles. The molecule has 0 saturated heterocycles. The van der Waals surface area contributed by atoms with Crippen LogP contribution in [-0.4, -0.2) is 31.1 Å². The van der Waals surface area contributed by atoms with E-state index in [1.165, 1.54) is 11.3 Å². The van der Waals surface area contributed by atoms with E-state index in [1.54, 1.807) is 37.3 Å². The van der Waals surface area contributed by atoms with E-state index < -0.39 is 24.5 Å². The predicted octanol–water partition coefficient (Wildman–Crippen LogP) is 4.70. The minimum Gasteiger partial charge on any atom is -0.462 e. The van der Waals surface area contributed by atoms with Crippen molar-refractivity contribution in [3.05, 3.63) is 77.4 Å². The van der Waals surface area contributed by atoms with Crippen LogP contribution in [0.3, 0.4) is 0 Å². The van der Waals surface area contributed by atoms with E-state index in [2.05, 4.69) is 5.32 Å². The molecular weight excluding hydrogens is 402 g/mol. The Bertz CT molecular complexity index is 1040. The van der Waals surface area contributed by atoms with Crippen molar-refractivity contribution >= 4 is 34.2 Å². The fraction of sp³-hybridized carbons (Fsp3) is 0.174. The smallest absolute Gasteiger partial charge is 0.341 e. The van der Waals surface area contributed by atoms with Gasteiger partial charge in [0.1, 0.15) is 5.00 Å². The van der Waals surface area contributed by atoms with E-state index in [4.69, 9.17) is 9.47 Å². The van der Waals surface area contributed by atoms with Crippen LogP contribution in [0.2, 0.25) is 0 Å². The molecule has 154 valence electrons. The molecule has 3 aromatic rings. The van der Waals surface area contributed by atoms with Gasteiger partial charge in [0.25, 0.3) is 5.91 Å². The normalized spacial score (nSPS) is 10.3. The molecule has 2 aromatic carbocycles. The molecule has 0 saturated carbocycles. The van der Waals surface area contributed by atoms with Crippen molar-refractivity contribution in [2.75, 3.05) is 18.5 Å². The molecule has 1 heterocycles. The van der Waals surface area contributed by atoms with E-state index in [1.807, 2.05) is 37.3 Å². The summed E-state index contributed by atoms with van der Waals surface area (Å²) in [7, 11) is 0. The van der Waals surface area contributed by atoms with E-state index in [0.29, 0.717) is 10.6 Å². The van der Waals surface area contributed by atoms with Crippen molar-refractivity contribution in [1.29, 1.82) is 0 Å². The Kier molecular flexibility index (Phi) is 6.98. The summed E-state index contributed by atoms with van der Waals surface area (Å²) in [6, 6.07) is 18.0. The van der Waals surface area contributed by atoms with E-state index >= 15 is 0 Å². The highest BCUT2D eigenvalue weighted by Crippen LogP contribution is 2.35. The summed E-state index contributed by atoms with van der Waals surface area (Å²) < 4.78 is 10.2. The second-order valence-electron chi connectivity index (χ2n) is 6.43. The molecule has 1 amide bonds. The molecule has 0 bridgehead atoms. The molecule has 0 atom stereocenters. The van der Waals surface area contributed by atoms with Crippen molar-refractivity contribution in [1.82, 2.24) is 0 Å². The zero-order valence-electron chi connectivity index (χ0n) is 16.6. The number of anilines is 1. The Balaban J connectivity index is 1.71. The van der Waals surface area contributed by atoms with Gasteiger partial charge < -0.3 is 14.8 Å². The SMILES string of the molecule is CCOC(=O)c1cc(-c2ccccc2)sc1NC(=O)COC(=O)c1ccc(C)cc1. The molecule has 30 heavy (non-hydrogen) atoms. The standard InChI is InChI=1S/C23H21NO5S/c1-3-28-23(27)18-13-19(16-7-5-4-6-8-16)30-21(18)24-20(25)14-29-22(26)17-11-9-15(2)10-12-17/h4-13H,3,14H2,1-2H3,(H,24,25). The van der Waals surface area contributed by atoms with Crippen LogP contribution >= 0.6 is 11.3 Å². The van der Waals surface area contributed by atoms with Crippen LogP contribution in [0.1, 0.15) is 33.2 Å². The quantitative estimate of drug-likeness (QED) is 0.557. The Morgan fingerprint density at radius 1 is 0.933 bits per heavy atom. The first kappa shape index (κ1) is 21.3. The van der Waals surface area contributed by atoms with Crippen molar-refractivity contribution in [3.8, 4) is 10.4 Å². The maximum absolute atomic E-state index is 12.3. The molecule has 0 radical (unpaired) electrons. The average molecular weight is 423 g/mol. The number of rotatable bonds is 7. The van der Waals surface area contributed by atoms with Gasteiger partial charge in [0, 0.05) is 4.88 Å². The lowest BCUT2D eigenvalue weighted by atomic mass is 10.1. The summed E-state index contributed by atoms with van der Waals surface area (Å²) in [4.78, 5) is 37.6. The molecular formula is C23H21NO5S. The van der Waals surface area contributed by atoms with Gasteiger partial charge in [0.05, 0.1) is 17.7 Å². The Hall–Kier alpha value is -3.45. The van der Waals surface area contributed by atoms with Crippen LogP contribution in [0.25, 0.3) is 10.4 Å². The summed E-state index contributed by atoms with van der Waals surface area (Å²) in [5.74, 6) is -1.66. The molecule has 6 nitrogen and oxygen atoms in total. The zero-order valence-corrected chi connectivity index (χ0v) is 17.5. The molecule has 0 aliphatic heterocycles. The van der Waals surface area contributed by atoms with Crippen LogP contribution in [0.15, 0.2) is 60.7 Å². The Morgan fingerprint density at radius 3 is 2.30 bits per heavy atom. The topological polar surface area (TPSA) is 81.7 Å². The van der Waals surface area contributed by atoms with Gasteiger partial charge in [0.15, 0.2) is 6.61 Å². The van der Waals surface area contributed by atoms with Crippen molar-refractivity contribution in [2.45, 2.75) is 13.8 Å². The number of ether oxygens (including phenoxy) is 2. The average Bonchev–Trinajstić information content (AvgIpc) is 3.17. The van der Waals surface area contributed by atoms with Crippen LogP contribution in [-0.2, 0) is 14.3 Å². The van der Waals surface area contributed by atoms with E-state index in [-0.39, 0.29) is 12.2 Å². The number of amides is 1. The summed E-state index contributed by atoms with van der Waals surface area (Å²) in [6.45, 7) is 3.38. The zero-order chi connectivity index (χ0) is 21.5. The molecule has 3 rings (SSSR count). The van der Waals surface area contributed by atoms with Crippen molar-refractivity contribution in [3.63, 3.8) is 0 Å². The molecule has 0 aliphatic carbocycles. The van der Waals surface area contributed by atoms with Gasteiger partial charge in [-0.05, 0) is 37.6 Å². The summed E-state index contributed by atoms with van der Waals surface area (Å²) in [5, 5.41) is 3.01. The maximum Gasteiger partial charge on any atom is 0.341 e. The number of benzene rings is 2. The van der Waals surface area contributed by atoms with Gasteiger partial charge in [-0.3, -0.25) is 4.79 Å². The van der Waals surface area contributed by atoms with Gasteiger partial charge in [-0.1, -0.05) is 48.0 Å². The number of hydrogen-bond donors (Lipinski definition) is 1. The van der Waals surface area contributed by atoms with Crippen LogP contribution in [0.4, 0.5) is 5.00 Å². The highest BCUT2D eigenvalue weighted by molar-refractivity contribution is 7.20. The fourth-order valence-corrected chi connectivity index (χ4v) is 3.72. The number of carbonyl (C=O) groups excluding carboxylic acids is 3. The number of nitrogens with one attached hydrogen (secondary N) is 1. The largest absolute Gasteiger partial charge is 0.462 e. The maximum atomic E-state index is 12.3. The molecule has 0 unspecified atom stereocenters. The second kappa shape index (κ2) is 9.84. The highest BCUT2D eigenvalue weighted by atomic mass is 32.1. The lowest BCUT2D eigenvalue weighted by Gasteiger charge is -2.07. The summed E-state index contributed by atoms with van der Waals surface area (Å²) >= 11 is 1.25. The Morgan fingerprint density at radius 2 is 1.63 bits per heavy atom. The van der Waals surface area contributed by atoms with E-state index in [9.17, 15) is 14.4 Å². The minimum atomic E-state index is -0.591. The summed E-state index contributed by atoms with van der Waals surface area (Å²) in [6.07, 6.45) is 0. The van der Waals surface area contributed by atoms with Crippen molar-refractivity contribution < 1.29 is 23.9 Å². The van der Waals surface area contributed by atoms with Crippen LogP contribution in [0.5, 0.6) is 0 Å². The summed E-state index contributed by atoms with van der Waals surface area (Å²) in [5.41, 5.74) is 2.56. The second-order valence-corrected chi connectivity index (χ2v) is 7.48. The van der Waals surface area contributed by atoms with Crippen LogP contribution < -0.4 is 5.32 Å². The molecule has 0 spiro atoms. The Labute approximate surface area is 178 Å². The number of aryl methyl sites for hydroxylation is 1. The molecule has 1 N–H and O–H groups in total. The number of thiophene rings is 1. The van der Waals surface area contributed by atoms with Gasteiger partial charge in [-0.25, -0.2) is 9.59 Å². The molecule has 0 fully saturated rings. The first-order valence-corrected chi connectivity index (χ1v) is 10.2. The minimum absolute atomic E-state index is 0.219. The van der Waals surface area contributed by atoms with Crippen LogP contribution in [0, 0.1) is 6.92 Å². The number of esters is 2. The molecule has 7 heteroatoms.